The Bertz CT molecular complexity index is 419. The van der Waals surface area contributed by atoms with Crippen molar-refractivity contribution < 1.29 is 0 Å². The average molecular weight is 205 g/mol. The number of aromatic nitrogens is 2. The minimum absolute atomic E-state index is 0.561. The van der Waals surface area contributed by atoms with Gasteiger partial charge in [0.25, 0.3) is 0 Å². The van der Waals surface area contributed by atoms with E-state index in [2.05, 4.69) is 23.0 Å². The van der Waals surface area contributed by atoms with Gasteiger partial charge >= 0.3 is 0 Å². The van der Waals surface area contributed by atoms with E-state index in [1.165, 1.54) is 16.9 Å². The summed E-state index contributed by atoms with van der Waals surface area (Å²) >= 11 is 1.52. The molecule has 2 N–H and O–H groups in total. The van der Waals surface area contributed by atoms with Crippen molar-refractivity contribution in [2.75, 3.05) is 5.73 Å². The second-order valence-electron chi connectivity index (χ2n) is 2.98. The third kappa shape index (κ3) is 1.75. The summed E-state index contributed by atoms with van der Waals surface area (Å²) < 4.78 is 0. The van der Waals surface area contributed by atoms with Crippen molar-refractivity contribution in [2.45, 2.75) is 13.3 Å². The van der Waals surface area contributed by atoms with Crippen molar-refractivity contribution in [2.24, 2.45) is 0 Å². The van der Waals surface area contributed by atoms with Gasteiger partial charge in [-0.15, -0.1) is 11.3 Å². The summed E-state index contributed by atoms with van der Waals surface area (Å²) in [6.07, 6.45) is 2.89. The van der Waals surface area contributed by atoms with Crippen LogP contribution in [0, 0.1) is 0 Å². The van der Waals surface area contributed by atoms with Gasteiger partial charge in [-0.05, 0) is 18.1 Å². The lowest BCUT2D eigenvalue weighted by Crippen LogP contribution is -1.87. The summed E-state index contributed by atoms with van der Waals surface area (Å²) in [5, 5.41) is 2.70. The van der Waals surface area contributed by atoms with Crippen molar-refractivity contribution in [3.63, 3.8) is 0 Å². The van der Waals surface area contributed by atoms with Crippen LogP contribution in [0.5, 0.6) is 0 Å². The molecule has 0 aromatic carbocycles. The lowest BCUT2D eigenvalue weighted by Gasteiger charge is -1.97. The number of nitrogen functional groups attached to an aromatic ring is 1. The van der Waals surface area contributed by atoms with Crippen LogP contribution in [-0.4, -0.2) is 9.97 Å². The van der Waals surface area contributed by atoms with Gasteiger partial charge in [0.2, 0.25) is 0 Å². The molecule has 0 aliphatic heterocycles. The molecule has 0 atom stereocenters. The van der Waals surface area contributed by atoms with Gasteiger partial charge in [-0.1, -0.05) is 13.0 Å². The van der Waals surface area contributed by atoms with Crippen LogP contribution in [0.3, 0.4) is 0 Å². The molecular formula is C10H11N3S. The van der Waals surface area contributed by atoms with E-state index in [0.717, 1.165) is 17.1 Å². The molecule has 2 heterocycles. The summed E-state index contributed by atoms with van der Waals surface area (Å²) in [7, 11) is 0. The van der Waals surface area contributed by atoms with Gasteiger partial charge in [-0.25, -0.2) is 4.98 Å². The van der Waals surface area contributed by atoms with Gasteiger partial charge in [-0.2, -0.15) is 0 Å². The number of hydrogen-bond donors (Lipinski definition) is 1. The maximum Gasteiger partial charge on any atom is 0.144 e. The van der Waals surface area contributed by atoms with Crippen LogP contribution in [0.15, 0.2) is 23.7 Å². The van der Waals surface area contributed by atoms with Crippen molar-refractivity contribution in [3.05, 3.63) is 29.3 Å². The van der Waals surface area contributed by atoms with Crippen LogP contribution < -0.4 is 5.73 Å². The predicted molar refractivity (Wildman–Crippen MR) is 59.1 cm³/mol. The number of aryl methyl sites for hydroxylation is 1. The summed E-state index contributed by atoms with van der Waals surface area (Å²) in [5.74, 6) is 0.561. The van der Waals surface area contributed by atoms with Crippen molar-refractivity contribution in [1.82, 2.24) is 9.97 Å². The molecular weight excluding hydrogens is 194 g/mol. The molecule has 2 rings (SSSR count). The van der Waals surface area contributed by atoms with Gasteiger partial charge in [0.1, 0.15) is 10.8 Å². The molecule has 0 aliphatic rings. The fourth-order valence-corrected chi connectivity index (χ4v) is 1.85. The fraction of sp³-hybridized carbons (Fsp3) is 0.200. The molecule has 2 aromatic heterocycles. The van der Waals surface area contributed by atoms with Gasteiger partial charge in [-0.3, -0.25) is 4.98 Å². The Kier molecular flexibility index (Phi) is 2.45. The van der Waals surface area contributed by atoms with E-state index in [0.29, 0.717) is 5.82 Å². The maximum atomic E-state index is 5.54. The molecule has 0 saturated carbocycles. The zero-order valence-electron chi connectivity index (χ0n) is 7.90. The Morgan fingerprint density at radius 1 is 1.43 bits per heavy atom. The Labute approximate surface area is 86.6 Å². The first-order valence-electron chi connectivity index (χ1n) is 4.46. The Morgan fingerprint density at radius 2 is 2.29 bits per heavy atom. The van der Waals surface area contributed by atoms with Crippen LogP contribution in [0.4, 0.5) is 5.82 Å². The van der Waals surface area contributed by atoms with Gasteiger partial charge in [0.05, 0.1) is 5.69 Å². The normalized spacial score (nSPS) is 10.4. The number of pyridine rings is 1. The van der Waals surface area contributed by atoms with Crippen molar-refractivity contribution >= 4 is 17.2 Å². The van der Waals surface area contributed by atoms with Crippen LogP contribution in [0.2, 0.25) is 0 Å². The predicted octanol–water partition coefficient (Wildman–Crippen LogP) is 2.35. The number of nitrogens with two attached hydrogens (primary N) is 1. The number of nitrogens with zero attached hydrogens (tertiary/aromatic N) is 2. The quantitative estimate of drug-likeness (QED) is 0.818. The average Bonchev–Trinajstić information content (AvgIpc) is 2.65. The van der Waals surface area contributed by atoms with Gasteiger partial charge < -0.3 is 5.73 Å². The molecule has 72 valence electrons. The SMILES string of the molecule is CCc1ccc(-c2nc(N)cs2)nc1. The molecule has 0 fully saturated rings. The van der Waals surface area contributed by atoms with Crippen LogP contribution in [0.1, 0.15) is 12.5 Å². The fourth-order valence-electron chi connectivity index (χ4n) is 1.16. The van der Waals surface area contributed by atoms with E-state index in [9.17, 15) is 0 Å². The standard InChI is InChI=1S/C10H11N3S/c1-2-7-3-4-8(12-5-7)10-13-9(11)6-14-10/h3-6H,2,11H2,1H3. The third-order valence-electron chi connectivity index (χ3n) is 1.97. The third-order valence-corrected chi connectivity index (χ3v) is 2.86. The van der Waals surface area contributed by atoms with Crippen molar-refractivity contribution in [3.8, 4) is 10.7 Å². The highest BCUT2D eigenvalue weighted by molar-refractivity contribution is 7.13. The van der Waals surface area contributed by atoms with E-state index in [4.69, 9.17) is 5.73 Å². The maximum absolute atomic E-state index is 5.54. The molecule has 3 nitrogen and oxygen atoms in total. The van der Waals surface area contributed by atoms with E-state index < -0.39 is 0 Å². The zero-order valence-corrected chi connectivity index (χ0v) is 8.71. The summed E-state index contributed by atoms with van der Waals surface area (Å²) in [4.78, 5) is 8.50. The monoisotopic (exact) mass is 205 g/mol. The second-order valence-corrected chi connectivity index (χ2v) is 3.84. The molecule has 0 unspecified atom stereocenters. The van der Waals surface area contributed by atoms with E-state index in [1.54, 1.807) is 0 Å². The largest absolute Gasteiger partial charge is 0.383 e. The highest BCUT2D eigenvalue weighted by Crippen LogP contribution is 2.22. The summed E-state index contributed by atoms with van der Waals surface area (Å²) in [6, 6.07) is 4.05. The molecule has 14 heavy (non-hydrogen) atoms. The van der Waals surface area contributed by atoms with Crippen LogP contribution in [-0.2, 0) is 6.42 Å². The minimum Gasteiger partial charge on any atom is -0.383 e. The molecule has 0 bridgehead atoms. The molecule has 0 spiro atoms. The first kappa shape index (κ1) is 9.15. The molecule has 0 amide bonds. The lowest BCUT2D eigenvalue weighted by atomic mass is 10.2. The minimum atomic E-state index is 0.561. The van der Waals surface area contributed by atoms with Gasteiger partial charge in [0, 0.05) is 11.6 Å². The number of hydrogen-bond acceptors (Lipinski definition) is 4. The zero-order chi connectivity index (χ0) is 9.97. The lowest BCUT2D eigenvalue weighted by molar-refractivity contribution is 1.10. The number of rotatable bonds is 2. The van der Waals surface area contributed by atoms with Gasteiger partial charge in [0.15, 0.2) is 0 Å². The molecule has 0 aliphatic carbocycles. The highest BCUT2D eigenvalue weighted by atomic mass is 32.1. The smallest absolute Gasteiger partial charge is 0.144 e. The molecule has 0 radical (unpaired) electrons. The summed E-state index contributed by atoms with van der Waals surface area (Å²) in [6.45, 7) is 2.11. The highest BCUT2D eigenvalue weighted by Gasteiger charge is 2.03. The van der Waals surface area contributed by atoms with Crippen LogP contribution >= 0.6 is 11.3 Å². The summed E-state index contributed by atoms with van der Waals surface area (Å²) in [5.41, 5.74) is 7.67. The number of anilines is 1. The van der Waals surface area contributed by atoms with E-state index >= 15 is 0 Å². The number of thiazole rings is 1. The first-order valence-corrected chi connectivity index (χ1v) is 5.34. The van der Waals surface area contributed by atoms with E-state index in [1.807, 2.05) is 17.6 Å². The van der Waals surface area contributed by atoms with Crippen LogP contribution in [0.25, 0.3) is 10.7 Å². The van der Waals surface area contributed by atoms with Crippen molar-refractivity contribution in [1.29, 1.82) is 0 Å². The first-order chi connectivity index (χ1) is 6.79. The Balaban J connectivity index is 2.33. The van der Waals surface area contributed by atoms with E-state index in [-0.39, 0.29) is 0 Å². The molecule has 4 heteroatoms. The Hall–Kier alpha value is -1.42. The second kappa shape index (κ2) is 3.75. The molecule has 0 saturated heterocycles. The Morgan fingerprint density at radius 3 is 2.79 bits per heavy atom. The molecule has 2 aromatic rings. The topological polar surface area (TPSA) is 51.8 Å².